The quantitative estimate of drug-likeness (QED) is 0.219. The molecule has 43 heavy (non-hydrogen) atoms. The third kappa shape index (κ3) is 7.11. The molecule has 0 unspecified atom stereocenters. The number of aryl methyl sites for hydroxylation is 3. The van der Waals surface area contributed by atoms with Gasteiger partial charge >= 0.3 is 6.18 Å². The van der Waals surface area contributed by atoms with Crippen molar-refractivity contribution in [3.63, 3.8) is 0 Å². The summed E-state index contributed by atoms with van der Waals surface area (Å²) in [7, 11) is 0. The minimum absolute atomic E-state index is 0.0174. The monoisotopic (exact) mass is 592 g/mol. The molecule has 0 aliphatic carbocycles. The number of likely N-dealkylation sites (tertiary alicyclic amines) is 1. The van der Waals surface area contributed by atoms with Gasteiger partial charge in [-0.25, -0.2) is 9.97 Å². The SMILES string of the molecule is CCc1cc(-n2nc(C)cc2Nc2cc(CC(=O)c3cc(CN4CCC[C@H]4CO)cc(C(F)(F)F)c3)ccc2C)ncn1. The molecule has 0 amide bonds. The fourth-order valence-electron chi connectivity index (χ4n) is 5.45. The third-order valence-electron chi connectivity index (χ3n) is 7.79. The fraction of sp³-hybridized carbons (Fsp3) is 0.375. The fourth-order valence-corrected chi connectivity index (χ4v) is 5.45. The highest BCUT2D eigenvalue weighted by Gasteiger charge is 2.32. The predicted octanol–water partition coefficient (Wildman–Crippen LogP) is 5.99. The first-order chi connectivity index (χ1) is 20.5. The van der Waals surface area contributed by atoms with Gasteiger partial charge in [-0.2, -0.15) is 23.0 Å². The number of alkyl halides is 3. The summed E-state index contributed by atoms with van der Waals surface area (Å²) in [5.41, 5.74) is 3.56. The molecule has 11 heteroatoms. The molecule has 1 atom stereocenters. The van der Waals surface area contributed by atoms with E-state index in [1.165, 1.54) is 6.33 Å². The molecule has 3 heterocycles. The maximum atomic E-state index is 13.8. The van der Waals surface area contributed by atoms with Crippen LogP contribution in [0.3, 0.4) is 0 Å². The largest absolute Gasteiger partial charge is 0.416 e. The van der Waals surface area contributed by atoms with Crippen LogP contribution in [0.5, 0.6) is 0 Å². The van der Waals surface area contributed by atoms with Crippen LogP contribution in [0.4, 0.5) is 24.7 Å². The van der Waals surface area contributed by atoms with Gasteiger partial charge in [-0.3, -0.25) is 9.69 Å². The van der Waals surface area contributed by atoms with Crippen LogP contribution in [0.1, 0.15) is 63.8 Å². The number of nitrogens with one attached hydrogen (secondary N) is 1. The minimum atomic E-state index is -4.59. The molecule has 2 aromatic carbocycles. The van der Waals surface area contributed by atoms with E-state index in [1.807, 2.05) is 56.0 Å². The molecule has 0 spiro atoms. The van der Waals surface area contributed by atoms with E-state index in [0.717, 1.165) is 54.0 Å². The first-order valence-electron chi connectivity index (χ1n) is 14.4. The Kier molecular flexibility index (Phi) is 8.93. The number of hydrogen-bond acceptors (Lipinski definition) is 7. The Labute approximate surface area is 248 Å². The number of rotatable bonds is 10. The number of aromatic nitrogens is 4. The van der Waals surface area contributed by atoms with Crippen LogP contribution in [0, 0.1) is 13.8 Å². The summed E-state index contributed by atoms with van der Waals surface area (Å²) in [4.78, 5) is 24.0. The van der Waals surface area contributed by atoms with E-state index < -0.39 is 17.5 Å². The van der Waals surface area contributed by atoms with Crippen LogP contribution in [-0.4, -0.2) is 54.7 Å². The minimum Gasteiger partial charge on any atom is -0.395 e. The maximum absolute atomic E-state index is 13.8. The molecular formula is C32H35F3N6O2. The van der Waals surface area contributed by atoms with Crippen LogP contribution in [0.2, 0.25) is 0 Å². The second kappa shape index (κ2) is 12.6. The van der Waals surface area contributed by atoms with Gasteiger partial charge in [0, 0.05) is 48.1 Å². The van der Waals surface area contributed by atoms with Gasteiger partial charge < -0.3 is 10.4 Å². The standard InChI is InChI=1S/C32H35F3N6O2/c1-4-26-16-30(37-19-36-26)41-31(10-21(3)39-41)38-28-13-22(8-7-20(28)2)14-29(43)24-11-23(12-25(15-24)32(33,34)35)17-40-9-5-6-27(40)18-42/h7-8,10-13,15-16,19,27,38,42H,4-6,9,14,17-18H2,1-3H3/t27-/m0/s1. The summed E-state index contributed by atoms with van der Waals surface area (Å²) >= 11 is 0. The van der Waals surface area contributed by atoms with Crippen molar-refractivity contribution in [2.24, 2.45) is 0 Å². The van der Waals surface area contributed by atoms with E-state index >= 15 is 0 Å². The van der Waals surface area contributed by atoms with Crippen molar-refractivity contribution >= 4 is 17.3 Å². The lowest BCUT2D eigenvalue weighted by Crippen LogP contribution is -2.31. The van der Waals surface area contributed by atoms with Gasteiger partial charge in [0.15, 0.2) is 11.6 Å². The number of anilines is 2. The lowest BCUT2D eigenvalue weighted by Gasteiger charge is -2.23. The van der Waals surface area contributed by atoms with Crippen molar-refractivity contribution in [3.8, 4) is 5.82 Å². The number of aliphatic hydroxyl groups excluding tert-OH is 1. The average molecular weight is 593 g/mol. The Balaban J connectivity index is 1.39. The molecule has 1 aliphatic rings. The van der Waals surface area contributed by atoms with Crippen molar-refractivity contribution in [3.05, 3.63) is 94.1 Å². The van der Waals surface area contributed by atoms with E-state index in [-0.39, 0.29) is 31.2 Å². The number of carbonyl (C=O) groups is 1. The van der Waals surface area contributed by atoms with Crippen molar-refractivity contribution in [2.75, 3.05) is 18.5 Å². The third-order valence-corrected chi connectivity index (χ3v) is 7.79. The topological polar surface area (TPSA) is 96.2 Å². The Bertz CT molecular complexity index is 1620. The van der Waals surface area contributed by atoms with Crippen molar-refractivity contribution in [2.45, 2.75) is 65.2 Å². The molecule has 4 aromatic rings. The number of benzene rings is 2. The Morgan fingerprint density at radius 3 is 2.63 bits per heavy atom. The van der Waals surface area contributed by atoms with Crippen molar-refractivity contribution in [1.29, 1.82) is 0 Å². The summed E-state index contributed by atoms with van der Waals surface area (Å²) in [6, 6.07) is 12.8. The number of halogens is 3. The smallest absolute Gasteiger partial charge is 0.395 e. The van der Waals surface area contributed by atoms with E-state index in [4.69, 9.17) is 0 Å². The lowest BCUT2D eigenvalue weighted by atomic mass is 9.97. The second-order valence-corrected chi connectivity index (χ2v) is 11.0. The molecule has 1 aliphatic heterocycles. The number of Topliss-reactive ketones (excluding diaryl/α,β-unsaturated/α-hetero) is 1. The molecule has 0 saturated carbocycles. The second-order valence-electron chi connectivity index (χ2n) is 11.0. The van der Waals surface area contributed by atoms with Crippen molar-refractivity contribution in [1.82, 2.24) is 24.6 Å². The number of carbonyl (C=O) groups excluding carboxylic acids is 1. The van der Waals surface area contributed by atoms with E-state index in [2.05, 4.69) is 20.4 Å². The molecule has 2 aromatic heterocycles. The maximum Gasteiger partial charge on any atom is 0.416 e. The Morgan fingerprint density at radius 1 is 1.07 bits per heavy atom. The Morgan fingerprint density at radius 2 is 1.88 bits per heavy atom. The highest BCUT2D eigenvalue weighted by atomic mass is 19.4. The summed E-state index contributed by atoms with van der Waals surface area (Å²) in [6.07, 6.45) is -0.730. The van der Waals surface area contributed by atoms with Gasteiger partial charge in [0.1, 0.15) is 12.1 Å². The normalized spacial score (nSPS) is 15.7. The molecule has 226 valence electrons. The molecule has 2 N–H and O–H groups in total. The first-order valence-corrected chi connectivity index (χ1v) is 14.4. The van der Waals surface area contributed by atoms with Crippen LogP contribution < -0.4 is 5.32 Å². The summed E-state index contributed by atoms with van der Waals surface area (Å²) in [5, 5.41) is 17.6. The highest BCUT2D eigenvalue weighted by molar-refractivity contribution is 5.98. The molecule has 0 radical (unpaired) electrons. The van der Waals surface area contributed by atoms with E-state index in [9.17, 15) is 23.1 Å². The number of ketones is 1. The Hall–Kier alpha value is -4.09. The van der Waals surface area contributed by atoms with Gasteiger partial charge in [0.2, 0.25) is 0 Å². The van der Waals surface area contributed by atoms with Gasteiger partial charge in [0.25, 0.3) is 0 Å². The molecule has 5 rings (SSSR count). The summed E-state index contributed by atoms with van der Waals surface area (Å²) < 4.78 is 43.1. The van der Waals surface area contributed by atoms with Gasteiger partial charge in [-0.05, 0) is 80.6 Å². The van der Waals surface area contributed by atoms with Crippen molar-refractivity contribution < 1.29 is 23.1 Å². The summed E-state index contributed by atoms with van der Waals surface area (Å²) in [6.45, 7) is 6.71. The molecule has 1 fully saturated rings. The van der Waals surface area contributed by atoms with E-state index in [0.29, 0.717) is 29.3 Å². The zero-order valence-corrected chi connectivity index (χ0v) is 24.4. The first kappa shape index (κ1) is 30.4. The predicted molar refractivity (Wildman–Crippen MR) is 158 cm³/mol. The molecule has 0 bridgehead atoms. The van der Waals surface area contributed by atoms with Crippen LogP contribution in [0.15, 0.2) is 54.9 Å². The number of nitrogens with zero attached hydrogens (tertiary/aromatic N) is 5. The van der Waals surface area contributed by atoms with Crippen LogP contribution in [-0.2, 0) is 25.6 Å². The molecular weight excluding hydrogens is 557 g/mol. The van der Waals surface area contributed by atoms with Crippen LogP contribution >= 0.6 is 0 Å². The van der Waals surface area contributed by atoms with Gasteiger partial charge in [-0.15, -0.1) is 0 Å². The zero-order chi connectivity index (χ0) is 30.7. The highest BCUT2D eigenvalue weighted by Crippen LogP contribution is 2.32. The van der Waals surface area contributed by atoms with Gasteiger partial charge in [-0.1, -0.05) is 19.1 Å². The molecule has 8 nitrogen and oxygen atoms in total. The number of aliphatic hydroxyl groups is 1. The van der Waals surface area contributed by atoms with Gasteiger partial charge in [0.05, 0.1) is 17.9 Å². The summed E-state index contributed by atoms with van der Waals surface area (Å²) in [5.74, 6) is 0.887. The van der Waals surface area contributed by atoms with E-state index in [1.54, 1.807) is 10.7 Å². The lowest BCUT2D eigenvalue weighted by molar-refractivity contribution is -0.137. The average Bonchev–Trinajstić information content (AvgIpc) is 3.59. The zero-order valence-electron chi connectivity index (χ0n) is 24.4. The molecule has 1 saturated heterocycles. The number of hydrogen-bond donors (Lipinski definition) is 2. The van der Waals surface area contributed by atoms with Crippen LogP contribution in [0.25, 0.3) is 5.82 Å².